The van der Waals surface area contributed by atoms with E-state index in [2.05, 4.69) is 22.8 Å². The van der Waals surface area contributed by atoms with Crippen LogP contribution >= 0.6 is 11.3 Å². The largest absolute Gasteiger partial charge is 0.355 e. The lowest BCUT2D eigenvalue weighted by Crippen LogP contribution is -2.45. The zero-order chi connectivity index (χ0) is 13.6. The van der Waals surface area contributed by atoms with Crippen LogP contribution in [0.25, 0.3) is 0 Å². The molecule has 1 heterocycles. The van der Waals surface area contributed by atoms with Crippen molar-refractivity contribution in [2.75, 3.05) is 13.1 Å². The molecule has 3 N–H and O–H groups in total. The van der Waals surface area contributed by atoms with Crippen LogP contribution in [0.2, 0.25) is 0 Å². The highest BCUT2D eigenvalue weighted by Gasteiger charge is 2.41. The molecule has 0 bridgehead atoms. The third kappa shape index (κ3) is 3.37. The van der Waals surface area contributed by atoms with Gasteiger partial charge in [0.15, 0.2) is 0 Å². The number of thiophene rings is 1. The van der Waals surface area contributed by atoms with Gasteiger partial charge in [0.25, 0.3) is 0 Å². The van der Waals surface area contributed by atoms with Crippen molar-refractivity contribution < 1.29 is 4.79 Å². The van der Waals surface area contributed by atoms with Crippen LogP contribution in [0.4, 0.5) is 0 Å². The number of hydrogen-bond donors (Lipinski definition) is 2. The van der Waals surface area contributed by atoms with Gasteiger partial charge in [-0.3, -0.25) is 4.79 Å². The molecule has 1 aromatic rings. The Labute approximate surface area is 119 Å². The van der Waals surface area contributed by atoms with Gasteiger partial charge in [-0.2, -0.15) is 0 Å². The zero-order valence-corrected chi connectivity index (χ0v) is 12.3. The lowest BCUT2D eigenvalue weighted by Gasteiger charge is -2.35. The molecule has 1 aliphatic carbocycles. The molecule has 0 unspecified atom stereocenters. The Bertz CT molecular complexity index is 383. The molecule has 1 amide bonds. The predicted octanol–water partition coefficient (Wildman–Crippen LogP) is 2.81. The Morgan fingerprint density at radius 3 is 2.74 bits per heavy atom. The van der Waals surface area contributed by atoms with Gasteiger partial charge in [0.05, 0.1) is 5.41 Å². The topological polar surface area (TPSA) is 55.1 Å². The second kappa shape index (κ2) is 7.06. The lowest BCUT2D eigenvalue weighted by molar-refractivity contribution is -0.127. The summed E-state index contributed by atoms with van der Waals surface area (Å²) in [6.45, 7) is 1.45. The van der Waals surface area contributed by atoms with Crippen molar-refractivity contribution in [3.05, 3.63) is 22.4 Å². The maximum atomic E-state index is 12.6. The summed E-state index contributed by atoms with van der Waals surface area (Å²) < 4.78 is 0. The molecule has 0 aromatic carbocycles. The molecular weight excluding hydrogens is 256 g/mol. The molecule has 0 spiro atoms. The van der Waals surface area contributed by atoms with Gasteiger partial charge < -0.3 is 11.1 Å². The van der Waals surface area contributed by atoms with Crippen LogP contribution in [0, 0.1) is 0 Å². The first-order chi connectivity index (χ1) is 9.29. The van der Waals surface area contributed by atoms with Gasteiger partial charge in [-0.1, -0.05) is 25.3 Å². The van der Waals surface area contributed by atoms with Crippen molar-refractivity contribution in [2.24, 2.45) is 5.73 Å². The molecule has 106 valence electrons. The molecule has 1 fully saturated rings. The van der Waals surface area contributed by atoms with Crippen LogP contribution in [0.3, 0.4) is 0 Å². The summed E-state index contributed by atoms with van der Waals surface area (Å²) in [4.78, 5) is 13.9. The number of rotatable bonds is 6. The molecule has 0 atom stereocenters. The fraction of sp³-hybridized carbons (Fsp3) is 0.667. The summed E-state index contributed by atoms with van der Waals surface area (Å²) in [7, 11) is 0. The first kappa shape index (κ1) is 14.5. The van der Waals surface area contributed by atoms with Crippen LogP contribution in [0.15, 0.2) is 17.5 Å². The highest BCUT2D eigenvalue weighted by Crippen LogP contribution is 2.41. The van der Waals surface area contributed by atoms with Gasteiger partial charge in [-0.15, -0.1) is 11.3 Å². The number of nitrogens with two attached hydrogens (primary N) is 1. The van der Waals surface area contributed by atoms with Crippen LogP contribution in [-0.4, -0.2) is 19.0 Å². The summed E-state index contributed by atoms with van der Waals surface area (Å²) in [5.41, 5.74) is 5.23. The number of carbonyl (C=O) groups excluding carboxylic acids is 1. The van der Waals surface area contributed by atoms with E-state index in [9.17, 15) is 4.79 Å². The smallest absolute Gasteiger partial charge is 0.231 e. The van der Waals surface area contributed by atoms with Crippen LogP contribution in [-0.2, 0) is 10.2 Å². The number of carbonyl (C=O) groups is 1. The normalized spacial score (nSPS) is 18.2. The molecule has 4 heteroatoms. The second-order valence-corrected chi connectivity index (χ2v) is 6.32. The fourth-order valence-electron chi connectivity index (χ4n) is 2.93. The van der Waals surface area contributed by atoms with Gasteiger partial charge >= 0.3 is 0 Å². The summed E-state index contributed by atoms with van der Waals surface area (Å²) in [6, 6.07) is 4.17. The minimum atomic E-state index is -0.255. The Balaban J connectivity index is 2.03. The predicted molar refractivity (Wildman–Crippen MR) is 80.4 cm³/mol. The molecule has 1 saturated carbocycles. The fourth-order valence-corrected chi connectivity index (χ4v) is 3.92. The Morgan fingerprint density at radius 2 is 2.11 bits per heavy atom. The standard InChI is InChI=1S/C15H24N2OS/c16-10-4-5-11-17-14(18)15(8-2-1-3-9-15)13-7-6-12-19-13/h6-7,12H,1-5,8-11,16H2,(H,17,18). The van der Waals surface area contributed by atoms with Crippen molar-refractivity contribution in [1.29, 1.82) is 0 Å². The van der Waals surface area contributed by atoms with Crippen LogP contribution < -0.4 is 11.1 Å². The van der Waals surface area contributed by atoms with Crippen molar-refractivity contribution in [1.82, 2.24) is 5.32 Å². The number of hydrogen-bond acceptors (Lipinski definition) is 3. The van der Waals surface area contributed by atoms with Gasteiger partial charge in [0, 0.05) is 11.4 Å². The molecule has 19 heavy (non-hydrogen) atoms. The zero-order valence-electron chi connectivity index (χ0n) is 11.5. The van der Waals surface area contributed by atoms with Crippen molar-refractivity contribution in [2.45, 2.75) is 50.4 Å². The molecule has 0 saturated heterocycles. The van der Waals surface area contributed by atoms with E-state index in [1.54, 1.807) is 11.3 Å². The SMILES string of the molecule is NCCCCNC(=O)C1(c2cccs2)CCCCC1. The molecule has 1 aliphatic rings. The van der Waals surface area contributed by atoms with Crippen LogP contribution in [0.1, 0.15) is 49.8 Å². The second-order valence-electron chi connectivity index (χ2n) is 5.37. The highest BCUT2D eigenvalue weighted by atomic mass is 32.1. The Morgan fingerprint density at radius 1 is 1.32 bits per heavy atom. The number of amides is 1. The van der Waals surface area contributed by atoms with Crippen molar-refractivity contribution in [3.8, 4) is 0 Å². The molecule has 1 aromatic heterocycles. The van der Waals surface area contributed by atoms with Crippen LogP contribution in [0.5, 0.6) is 0 Å². The number of nitrogens with one attached hydrogen (secondary N) is 1. The van der Waals surface area contributed by atoms with Crippen molar-refractivity contribution >= 4 is 17.2 Å². The van der Waals surface area contributed by atoms with E-state index in [0.29, 0.717) is 6.54 Å². The Hall–Kier alpha value is -0.870. The van der Waals surface area contributed by atoms with E-state index in [1.165, 1.54) is 11.3 Å². The third-order valence-corrected chi connectivity index (χ3v) is 5.13. The molecule has 0 aliphatic heterocycles. The first-order valence-corrected chi connectivity index (χ1v) is 8.20. The molecular formula is C15H24N2OS. The van der Waals surface area contributed by atoms with E-state index in [-0.39, 0.29) is 11.3 Å². The maximum Gasteiger partial charge on any atom is 0.231 e. The maximum absolute atomic E-state index is 12.6. The van der Waals surface area contributed by atoms with E-state index in [0.717, 1.165) is 45.1 Å². The molecule has 3 nitrogen and oxygen atoms in total. The van der Waals surface area contributed by atoms with Crippen molar-refractivity contribution in [3.63, 3.8) is 0 Å². The summed E-state index contributed by atoms with van der Waals surface area (Å²) >= 11 is 1.72. The highest BCUT2D eigenvalue weighted by molar-refractivity contribution is 7.10. The average Bonchev–Trinajstić information content (AvgIpc) is 2.99. The van der Waals surface area contributed by atoms with E-state index < -0.39 is 0 Å². The van der Waals surface area contributed by atoms with E-state index >= 15 is 0 Å². The minimum absolute atomic E-state index is 0.228. The summed E-state index contributed by atoms with van der Waals surface area (Å²) in [5.74, 6) is 0.228. The lowest BCUT2D eigenvalue weighted by atomic mass is 9.72. The van der Waals surface area contributed by atoms with Gasteiger partial charge in [0.2, 0.25) is 5.91 Å². The first-order valence-electron chi connectivity index (χ1n) is 7.32. The van der Waals surface area contributed by atoms with E-state index in [4.69, 9.17) is 5.73 Å². The number of unbranched alkanes of at least 4 members (excludes halogenated alkanes) is 1. The quantitative estimate of drug-likeness (QED) is 0.787. The molecule has 2 rings (SSSR count). The summed E-state index contributed by atoms with van der Waals surface area (Å²) in [6.07, 6.45) is 7.53. The van der Waals surface area contributed by atoms with E-state index in [1.807, 2.05) is 0 Å². The molecule has 0 radical (unpaired) electrons. The van der Waals surface area contributed by atoms with Gasteiger partial charge in [-0.25, -0.2) is 0 Å². The third-order valence-electron chi connectivity index (χ3n) is 4.05. The van der Waals surface area contributed by atoms with Gasteiger partial charge in [-0.05, 0) is 43.7 Å². The Kier molecular flexibility index (Phi) is 5.40. The minimum Gasteiger partial charge on any atom is -0.355 e. The summed E-state index contributed by atoms with van der Waals surface area (Å²) in [5, 5.41) is 5.21. The average molecular weight is 280 g/mol. The van der Waals surface area contributed by atoms with Gasteiger partial charge in [0.1, 0.15) is 0 Å². The monoisotopic (exact) mass is 280 g/mol.